The van der Waals surface area contributed by atoms with E-state index < -0.39 is 0 Å². The Morgan fingerprint density at radius 2 is 2.25 bits per heavy atom. The minimum absolute atomic E-state index is 0.185. The van der Waals surface area contributed by atoms with Crippen LogP contribution in [-0.2, 0) is 6.54 Å². The van der Waals surface area contributed by atoms with Crippen LogP contribution in [0, 0.1) is 11.3 Å². The third-order valence-corrected chi connectivity index (χ3v) is 2.94. The Hall–Kier alpha value is -2.58. The Labute approximate surface area is 121 Å². The number of hydrogen-bond acceptors (Lipinski definition) is 4. The molecule has 0 unspecified atom stereocenters. The Kier molecular flexibility index (Phi) is 4.18. The fourth-order valence-electron chi connectivity index (χ4n) is 1.61. The lowest BCUT2D eigenvalue weighted by Crippen LogP contribution is -2.23. The maximum atomic E-state index is 11.9. The summed E-state index contributed by atoms with van der Waals surface area (Å²) in [6, 6.07) is 10.5. The number of hydrogen-bond donors (Lipinski definition) is 2. The number of rotatable bonds is 3. The topological polar surface area (TPSA) is 91.8 Å². The molecule has 5 nitrogen and oxygen atoms in total. The molecular formula is C14H11ClN4O. The first-order chi connectivity index (χ1) is 9.60. The van der Waals surface area contributed by atoms with E-state index in [9.17, 15) is 4.79 Å². The van der Waals surface area contributed by atoms with E-state index in [1.54, 1.807) is 18.2 Å². The molecule has 0 radical (unpaired) electrons. The molecule has 2 rings (SSSR count). The average Bonchev–Trinajstić information content (AvgIpc) is 2.47. The molecule has 0 saturated heterocycles. The van der Waals surface area contributed by atoms with E-state index in [2.05, 4.69) is 10.3 Å². The molecule has 0 aliphatic carbocycles. The van der Waals surface area contributed by atoms with E-state index in [4.69, 9.17) is 22.6 Å². The number of anilines is 1. The maximum Gasteiger partial charge on any atom is 0.253 e. The highest BCUT2D eigenvalue weighted by atomic mass is 35.5. The van der Waals surface area contributed by atoms with E-state index in [1.807, 2.05) is 12.1 Å². The highest BCUT2D eigenvalue weighted by Crippen LogP contribution is 2.16. The lowest BCUT2D eigenvalue weighted by molar-refractivity contribution is 0.0950. The summed E-state index contributed by atoms with van der Waals surface area (Å²) in [5.74, 6) is -0.119. The second-order valence-corrected chi connectivity index (χ2v) is 4.49. The summed E-state index contributed by atoms with van der Waals surface area (Å²) in [5.41, 5.74) is 7.20. The molecule has 1 aromatic carbocycles. The fraction of sp³-hybridized carbons (Fsp3) is 0.0714. The molecule has 0 atom stereocenters. The second kappa shape index (κ2) is 6.04. The van der Waals surface area contributed by atoms with Crippen molar-refractivity contribution in [1.29, 1.82) is 5.26 Å². The summed E-state index contributed by atoms with van der Waals surface area (Å²) in [6.45, 7) is 0.316. The molecule has 0 aliphatic heterocycles. The van der Waals surface area contributed by atoms with E-state index in [-0.39, 0.29) is 16.7 Å². The van der Waals surface area contributed by atoms with Gasteiger partial charge in [-0.25, -0.2) is 4.98 Å². The van der Waals surface area contributed by atoms with E-state index >= 15 is 0 Å². The van der Waals surface area contributed by atoms with E-state index in [0.29, 0.717) is 17.7 Å². The summed E-state index contributed by atoms with van der Waals surface area (Å²) >= 11 is 5.81. The van der Waals surface area contributed by atoms with Gasteiger partial charge in [-0.2, -0.15) is 5.26 Å². The number of carbonyl (C=O) groups is 1. The molecule has 0 saturated carbocycles. The predicted molar refractivity (Wildman–Crippen MR) is 76.0 cm³/mol. The molecule has 100 valence electrons. The zero-order valence-corrected chi connectivity index (χ0v) is 11.2. The number of nitrogens with zero attached hydrogens (tertiary/aromatic N) is 2. The molecule has 0 aliphatic rings. The maximum absolute atomic E-state index is 11.9. The van der Waals surface area contributed by atoms with Crippen LogP contribution in [-0.4, -0.2) is 10.9 Å². The summed E-state index contributed by atoms with van der Waals surface area (Å²) in [6.07, 6.45) is 1.36. The van der Waals surface area contributed by atoms with E-state index in [1.165, 1.54) is 12.3 Å². The van der Waals surface area contributed by atoms with Gasteiger partial charge in [0.15, 0.2) is 0 Å². The molecule has 1 heterocycles. The molecule has 0 spiro atoms. The minimum Gasteiger partial charge on any atom is -0.382 e. The van der Waals surface area contributed by atoms with Crippen LogP contribution in [0.2, 0.25) is 5.02 Å². The van der Waals surface area contributed by atoms with Crippen LogP contribution in [0.25, 0.3) is 0 Å². The van der Waals surface area contributed by atoms with Crippen molar-refractivity contribution in [2.24, 2.45) is 0 Å². The van der Waals surface area contributed by atoms with Gasteiger partial charge in [0.25, 0.3) is 5.91 Å². The van der Waals surface area contributed by atoms with Crippen LogP contribution >= 0.6 is 11.6 Å². The summed E-state index contributed by atoms with van der Waals surface area (Å²) in [5, 5.41) is 11.8. The van der Waals surface area contributed by atoms with E-state index in [0.717, 1.165) is 5.56 Å². The Bertz CT molecular complexity index is 694. The second-order valence-electron chi connectivity index (χ2n) is 4.09. The number of halogens is 1. The van der Waals surface area contributed by atoms with Crippen molar-refractivity contribution >= 4 is 23.3 Å². The average molecular weight is 287 g/mol. The first kappa shape index (κ1) is 13.8. The predicted octanol–water partition coefficient (Wildman–Crippen LogP) is 2.12. The van der Waals surface area contributed by atoms with Gasteiger partial charge in [0, 0.05) is 12.7 Å². The van der Waals surface area contributed by atoms with Crippen molar-refractivity contribution in [1.82, 2.24) is 10.3 Å². The highest BCUT2D eigenvalue weighted by Gasteiger charge is 2.08. The third-order valence-electron chi connectivity index (χ3n) is 2.64. The number of nitrogens with one attached hydrogen (secondary N) is 1. The number of aromatic nitrogens is 1. The largest absolute Gasteiger partial charge is 0.382 e. The van der Waals surface area contributed by atoms with Gasteiger partial charge in [-0.3, -0.25) is 4.79 Å². The van der Waals surface area contributed by atoms with Gasteiger partial charge in [0.2, 0.25) is 0 Å². The SMILES string of the molecule is N#Cc1cccc(CNC(=O)c2cnc(N)c(Cl)c2)c1. The third kappa shape index (κ3) is 3.25. The van der Waals surface area contributed by atoms with Crippen LogP contribution in [0.1, 0.15) is 21.5 Å². The Balaban J connectivity index is 2.05. The van der Waals surface area contributed by atoms with Crippen molar-refractivity contribution in [3.63, 3.8) is 0 Å². The number of pyridine rings is 1. The van der Waals surface area contributed by atoms with Gasteiger partial charge in [-0.05, 0) is 23.8 Å². The van der Waals surface area contributed by atoms with Crippen LogP contribution in [0.3, 0.4) is 0 Å². The smallest absolute Gasteiger partial charge is 0.253 e. The van der Waals surface area contributed by atoms with Crippen LogP contribution < -0.4 is 11.1 Å². The molecule has 6 heteroatoms. The molecule has 1 amide bonds. The molecule has 20 heavy (non-hydrogen) atoms. The van der Waals surface area contributed by atoms with Crippen LogP contribution in [0.4, 0.5) is 5.82 Å². The lowest BCUT2D eigenvalue weighted by Gasteiger charge is -2.06. The normalized spacial score (nSPS) is 9.80. The molecule has 2 aromatic rings. The van der Waals surface area contributed by atoms with Crippen molar-refractivity contribution in [3.05, 3.63) is 58.2 Å². The summed E-state index contributed by atoms with van der Waals surface area (Å²) < 4.78 is 0. The molecule has 0 bridgehead atoms. The fourth-order valence-corrected chi connectivity index (χ4v) is 1.77. The zero-order chi connectivity index (χ0) is 14.5. The number of benzene rings is 1. The molecule has 0 fully saturated rings. The molecule has 1 aromatic heterocycles. The molecule has 3 N–H and O–H groups in total. The van der Waals surface area contributed by atoms with Gasteiger partial charge >= 0.3 is 0 Å². The van der Waals surface area contributed by atoms with Crippen LogP contribution in [0.5, 0.6) is 0 Å². The summed E-state index contributed by atoms with van der Waals surface area (Å²) in [4.78, 5) is 15.7. The zero-order valence-electron chi connectivity index (χ0n) is 10.4. The Morgan fingerprint density at radius 3 is 2.95 bits per heavy atom. The van der Waals surface area contributed by atoms with Crippen molar-refractivity contribution in [3.8, 4) is 6.07 Å². The quantitative estimate of drug-likeness (QED) is 0.904. The number of nitrogens with two attached hydrogens (primary N) is 1. The number of amides is 1. The highest BCUT2D eigenvalue weighted by molar-refractivity contribution is 6.33. The van der Waals surface area contributed by atoms with Crippen molar-refractivity contribution in [2.75, 3.05) is 5.73 Å². The van der Waals surface area contributed by atoms with Gasteiger partial charge in [0.05, 0.1) is 22.2 Å². The first-order valence-electron chi connectivity index (χ1n) is 5.78. The number of nitriles is 1. The van der Waals surface area contributed by atoms with Crippen LogP contribution in [0.15, 0.2) is 36.5 Å². The number of nitrogen functional groups attached to an aromatic ring is 1. The van der Waals surface area contributed by atoms with Gasteiger partial charge < -0.3 is 11.1 Å². The van der Waals surface area contributed by atoms with Gasteiger partial charge in [0.1, 0.15) is 5.82 Å². The number of carbonyl (C=O) groups excluding carboxylic acids is 1. The first-order valence-corrected chi connectivity index (χ1v) is 6.16. The van der Waals surface area contributed by atoms with Gasteiger partial charge in [-0.1, -0.05) is 23.7 Å². The summed E-state index contributed by atoms with van der Waals surface area (Å²) in [7, 11) is 0. The van der Waals surface area contributed by atoms with Gasteiger partial charge in [-0.15, -0.1) is 0 Å². The lowest BCUT2D eigenvalue weighted by atomic mass is 10.1. The Morgan fingerprint density at radius 1 is 1.45 bits per heavy atom. The van der Waals surface area contributed by atoms with Crippen molar-refractivity contribution < 1.29 is 4.79 Å². The monoisotopic (exact) mass is 286 g/mol. The standard InChI is InChI=1S/C14H11ClN4O/c15-12-5-11(8-18-13(12)17)14(20)19-7-10-3-1-2-9(4-10)6-16/h1-5,8H,7H2,(H2,17,18)(H,19,20). The minimum atomic E-state index is -0.304. The van der Waals surface area contributed by atoms with Crippen molar-refractivity contribution in [2.45, 2.75) is 6.54 Å². The molecular weight excluding hydrogens is 276 g/mol.